The van der Waals surface area contributed by atoms with Crippen LogP contribution in [0.2, 0.25) is 0 Å². The van der Waals surface area contributed by atoms with E-state index in [0.29, 0.717) is 6.54 Å². The van der Waals surface area contributed by atoms with Crippen LogP contribution in [0.3, 0.4) is 0 Å². The van der Waals surface area contributed by atoms with E-state index in [9.17, 15) is 9.59 Å². The predicted octanol–water partition coefficient (Wildman–Crippen LogP) is -1.65. The molecule has 1 aromatic rings. The molecule has 0 unspecified atom stereocenters. The van der Waals surface area contributed by atoms with Crippen molar-refractivity contribution in [3.05, 3.63) is 47.5 Å². The number of ketones is 1. The van der Waals surface area contributed by atoms with Crippen molar-refractivity contribution in [3.63, 3.8) is 0 Å². The number of Topliss-reactive ketones (excluding diaryl/α,β-unsaturated/α-hetero) is 1. The third-order valence-electron chi connectivity index (χ3n) is 2.82. The van der Waals surface area contributed by atoms with E-state index < -0.39 is 5.97 Å². The van der Waals surface area contributed by atoms with Crippen LogP contribution in [-0.4, -0.2) is 35.7 Å². The standard InChI is InChI=1S/C15H16NO3.ClH/c1-2-19-15(18)13-8-9-16(11-14(13)17)10-12-6-4-3-5-7-12;/h3-9H,2,10-11H2,1H3;1H/q+1;/p-1. The van der Waals surface area contributed by atoms with Crippen LogP contribution < -0.4 is 12.4 Å². The first-order valence-corrected chi connectivity index (χ1v) is 6.24. The lowest BCUT2D eigenvalue weighted by Crippen LogP contribution is -3.00. The van der Waals surface area contributed by atoms with Gasteiger partial charge in [0.1, 0.15) is 5.57 Å². The zero-order chi connectivity index (χ0) is 13.7. The quantitative estimate of drug-likeness (QED) is 0.379. The zero-order valence-electron chi connectivity index (χ0n) is 11.2. The Kier molecular flexibility index (Phi) is 6.12. The van der Waals surface area contributed by atoms with Crippen molar-refractivity contribution in [3.8, 4) is 0 Å². The fraction of sp³-hybridized carbons (Fsp3) is 0.267. The summed E-state index contributed by atoms with van der Waals surface area (Å²) in [5, 5.41) is 0. The molecule has 5 heteroatoms. The van der Waals surface area contributed by atoms with Gasteiger partial charge in [0.25, 0.3) is 0 Å². The second kappa shape index (κ2) is 7.60. The SMILES string of the molecule is CCOC(=O)C1=CC=[N+](Cc2ccccc2)CC1=O.[Cl-]. The molecule has 0 atom stereocenters. The smallest absolute Gasteiger partial charge is 0.342 e. The highest BCUT2D eigenvalue weighted by atomic mass is 35.5. The van der Waals surface area contributed by atoms with E-state index in [1.165, 1.54) is 6.08 Å². The summed E-state index contributed by atoms with van der Waals surface area (Å²) in [6.07, 6.45) is 3.30. The van der Waals surface area contributed by atoms with E-state index in [2.05, 4.69) is 0 Å². The van der Waals surface area contributed by atoms with Crippen LogP contribution in [0.5, 0.6) is 0 Å². The Morgan fingerprint density at radius 2 is 2.00 bits per heavy atom. The van der Waals surface area contributed by atoms with Gasteiger partial charge >= 0.3 is 5.97 Å². The summed E-state index contributed by atoms with van der Waals surface area (Å²) in [5.74, 6) is -0.736. The summed E-state index contributed by atoms with van der Waals surface area (Å²) in [7, 11) is 0. The number of rotatable bonds is 4. The van der Waals surface area contributed by atoms with Gasteiger partial charge in [-0.3, -0.25) is 4.79 Å². The van der Waals surface area contributed by atoms with Crippen LogP contribution in [0.25, 0.3) is 0 Å². The maximum absolute atomic E-state index is 11.9. The number of carbonyl (C=O) groups is 2. The van der Waals surface area contributed by atoms with Gasteiger partial charge in [0, 0.05) is 11.6 Å². The van der Waals surface area contributed by atoms with Gasteiger partial charge in [-0.25, -0.2) is 9.37 Å². The Morgan fingerprint density at radius 1 is 1.30 bits per heavy atom. The van der Waals surface area contributed by atoms with Gasteiger partial charge in [-0.1, -0.05) is 30.3 Å². The lowest BCUT2D eigenvalue weighted by atomic mass is 10.1. The summed E-state index contributed by atoms with van der Waals surface area (Å²) >= 11 is 0. The molecule has 106 valence electrons. The summed E-state index contributed by atoms with van der Waals surface area (Å²) in [6.45, 7) is 2.85. The first-order valence-electron chi connectivity index (χ1n) is 6.24. The largest absolute Gasteiger partial charge is 1.00 e. The second-order valence-electron chi connectivity index (χ2n) is 4.26. The Bertz CT molecular complexity index is 549. The lowest BCUT2D eigenvalue weighted by molar-refractivity contribution is -0.527. The number of halogens is 1. The molecule has 0 amide bonds. The van der Waals surface area contributed by atoms with Crippen LogP contribution >= 0.6 is 0 Å². The highest BCUT2D eigenvalue weighted by Crippen LogP contribution is 2.07. The van der Waals surface area contributed by atoms with E-state index in [1.54, 1.807) is 13.1 Å². The molecule has 0 spiro atoms. The minimum Gasteiger partial charge on any atom is -1.00 e. The van der Waals surface area contributed by atoms with Crippen LogP contribution in [-0.2, 0) is 20.9 Å². The summed E-state index contributed by atoms with van der Waals surface area (Å²) in [4.78, 5) is 23.4. The molecule has 0 fully saturated rings. The fourth-order valence-corrected chi connectivity index (χ4v) is 1.91. The molecule has 2 rings (SSSR count). The average molecular weight is 294 g/mol. The fourth-order valence-electron chi connectivity index (χ4n) is 1.91. The molecular formula is C15H16ClNO3. The predicted molar refractivity (Wildman–Crippen MR) is 71.1 cm³/mol. The Balaban J connectivity index is 0.00000200. The van der Waals surface area contributed by atoms with Crippen LogP contribution in [0.1, 0.15) is 12.5 Å². The number of benzene rings is 1. The Morgan fingerprint density at radius 3 is 2.60 bits per heavy atom. The molecule has 1 aromatic carbocycles. The number of hydrogen-bond donors (Lipinski definition) is 0. The van der Waals surface area contributed by atoms with Crippen molar-refractivity contribution < 1.29 is 31.3 Å². The van der Waals surface area contributed by atoms with Gasteiger partial charge in [0.05, 0.1) is 6.61 Å². The second-order valence-corrected chi connectivity index (χ2v) is 4.26. The van der Waals surface area contributed by atoms with Crippen LogP contribution in [0.4, 0.5) is 0 Å². The monoisotopic (exact) mass is 293 g/mol. The van der Waals surface area contributed by atoms with Gasteiger partial charge in [-0.05, 0) is 6.92 Å². The molecule has 0 radical (unpaired) electrons. The van der Waals surface area contributed by atoms with Crippen LogP contribution in [0.15, 0.2) is 42.0 Å². The third kappa shape index (κ3) is 4.03. The number of nitrogens with zero attached hydrogens (tertiary/aromatic N) is 1. The molecule has 0 bridgehead atoms. The van der Waals surface area contributed by atoms with Gasteiger partial charge < -0.3 is 17.1 Å². The highest BCUT2D eigenvalue weighted by Gasteiger charge is 2.26. The first kappa shape index (κ1) is 16.1. The lowest BCUT2D eigenvalue weighted by Gasteiger charge is -2.09. The van der Waals surface area contributed by atoms with E-state index in [0.717, 1.165) is 5.56 Å². The maximum atomic E-state index is 11.9. The van der Waals surface area contributed by atoms with E-state index >= 15 is 0 Å². The van der Waals surface area contributed by atoms with Crippen molar-refractivity contribution in [2.24, 2.45) is 0 Å². The Labute approximate surface area is 124 Å². The molecule has 0 saturated carbocycles. The van der Waals surface area contributed by atoms with Gasteiger partial charge in [-0.15, -0.1) is 0 Å². The maximum Gasteiger partial charge on any atom is 0.342 e. The number of esters is 1. The summed E-state index contributed by atoms with van der Waals surface area (Å²) in [5.41, 5.74) is 1.26. The molecule has 0 aliphatic carbocycles. The minimum absolute atomic E-state index is 0. The van der Waals surface area contributed by atoms with Crippen molar-refractivity contribution in [2.45, 2.75) is 13.5 Å². The molecule has 1 heterocycles. The molecule has 0 saturated heterocycles. The van der Waals surface area contributed by atoms with Crippen molar-refractivity contribution in [2.75, 3.05) is 13.2 Å². The molecule has 0 N–H and O–H groups in total. The first-order chi connectivity index (χ1) is 9.20. The number of ether oxygens (including phenoxy) is 1. The molecule has 0 aromatic heterocycles. The zero-order valence-corrected chi connectivity index (χ0v) is 12.0. The Hall–Kier alpha value is -1.94. The third-order valence-corrected chi connectivity index (χ3v) is 2.82. The molecule has 4 nitrogen and oxygen atoms in total. The van der Waals surface area contributed by atoms with Crippen molar-refractivity contribution in [1.29, 1.82) is 0 Å². The number of carbonyl (C=O) groups excluding carboxylic acids is 2. The average Bonchev–Trinajstić information content (AvgIpc) is 2.40. The minimum atomic E-state index is -0.539. The molecular weight excluding hydrogens is 278 g/mol. The van der Waals surface area contributed by atoms with E-state index in [1.807, 2.05) is 34.9 Å². The number of allylic oxidation sites excluding steroid dienone is 1. The van der Waals surface area contributed by atoms with E-state index in [-0.39, 0.29) is 36.9 Å². The van der Waals surface area contributed by atoms with Gasteiger partial charge in [0.15, 0.2) is 12.8 Å². The van der Waals surface area contributed by atoms with Gasteiger partial charge in [0.2, 0.25) is 12.3 Å². The van der Waals surface area contributed by atoms with Crippen molar-refractivity contribution in [1.82, 2.24) is 0 Å². The molecule has 1 aliphatic rings. The van der Waals surface area contributed by atoms with Crippen LogP contribution in [0, 0.1) is 0 Å². The summed E-state index contributed by atoms with van der Waals surface area (Å²) < 4.78 is 6.71. The highest BCUT2D eigenvalue weighted by molar-refractivity contribution is 6.20. The normalized spacial score (nSPS) is 13.9. The number of hydrogen-bond acceptors (Lipinski definition) is 3. The van der Waals surface area contributed by atoms with E-state index in [4.69, 9.17) is 4.74 Å². The topological polar surface area (TPSA) is 46.4 Å². The molecule has 20 heavy (non-hydrogen) atoms. The van der Waals surface area contributed by atoms with Gasteiger partial charge in [-0.2, -0.15) is 0 Å². The molecule has 1 aliphatic heterocycles. The van der Waals surface area contributed by atoms with Crippen molar-refractivity contribution >= 4 is 18.0 Å². The summed E-state index contributed by atoms with van der Waals surface area (Å²) in [6, 6.07) is 9.88.